The molecule has 3 aromatic carbocycles. The highest BCUT2D eigenvalue weighted by molar-refractivity contribution is 6.08. The second-order valence-electron chi connectivity index (χ2n) is 9.14. The number of ether oxygens (including phenoxy) is 1. The van der Waals surface area contributed by atoms with Crippen LogP contribution in [0.3, 0.4) is 0 Å². The Balaban J connectivity index is 1.54. The molecule has 0 bridgehead atoms. The van der Waals surface area contributed by atoms with Gasteiger partial charge in [0, 0.05) is 31.4 Å². The molecule has 0 spiro atoms. The summed E-state index contributed by atoms with van der Waals surface area (Å²) in [5.74, 6) is 0.623. The highest BCUT2D eigenvalue weighted by atomic mass is 16.5. The molecule has 0 aliphatic carbocycles. The van der Waals surface area contributed by atoms with Crippen LogP contribution < -0.4 is 9.64 Å². The molecule has 0 saturated carbocycles. The number of piperidine rings is 1. The van der Waals surface area contributed by atoms with E-state index in [2.05, 4.69) is 56.0 Å². The predicted molar refractivity (Wildman–Crippen MR) is 135 cm³/mol. The maximum Gasteiger partial charge on any atom is 0.262 e. The number of carbonyl (C=O) groups excluding carboxylic acids is 1. The fourth-order valence-electron chi connectivity index (χ4n) is 4.72. The molecule has 4 rings (SSSR count). The molecular formula is C29H34N2O2. The first-order valence-electron chi connectivity index (χ1n) is 11.8. The summed E-state index contributed by atoms with van der Waals surface area (Å²) in [5, 5.41) is 0. The van der Waals surface area contributed by atoms with E-state index in [9.17, 15) is 4.79 Å². The van der Waals surface area contributed by atoms with Crippen molar-refractivity contribution in [3.8, 4) is 5.75 Å². The van der Waals surface area contributed by atoms with Crippen molar-refractivity contribution in [1.82, 2.24) is 4.90 Å². The number of rotatable bonds is 6. The Morgan fingerprint density at radius 1 is 0.939 bits per heavy atom. The van der Waals surface area contributed by atoms with Gasteiger partial charge in [-0.2, -0.15) is 0 Å². The van der Waals surface area contributed by atoms with Gasteiger partial charge in [-0.15, -0.1) is 0 Å². The van der Waals surface area contributed by atoms with Crippen molar-refractivity contribution in [2.75, 3.05) is 25.1 Å². The van der Waals surface area contributed by atoms with E-state index < -0.39 is 0 Å². The predicted octanol–water partition coefficient (Wildman–Crippen LogP) is 5.93. The summed E-state index contributed by atoms with van der Waals surface area (Å²) >= 11 is 0. The minimum atomic E-state index is 0.00524. The molecule has 1 amide bonds. The first kappa shape index (κ1) is 23.1. The van der Waals surface area contributed by atoms with Crippen LogP contribution in [-0.2, 0) is 6.54 Å². The van der Waals surface area contributed by atoms with Crippen LogP contribution in [0.15, 0.2) is 66.7 Å². The summed E-state index contributed by atoms with van der Waals surface area (Å²) < 4.78 is 5.51. The highest BCUT2D eigenvalue weighted by Crippen LogP contribution is 2.30. The van der Waals surface area contributed by atoms with E-state index in [1.54, 1.807) is 7.11 Å². The van der Waals surface area contributed by atoms with Gasteiger partial charge in [-0.25, -0.2) is 0 Å². The van der Waals surface area contributed by atoms with Gasteiger partial charge in [0.05, 0.1) is 12.7 Å². The molecule has 1 aliphatic rings. The lowest BCUT2D eigenvalue weighted by atomic mass is 9.99. The standard InChI is InChI=1S/C29H34N2O2/c1-21-8-7-9-26(18-21)31(29(32)27-10-5-6-11-28(27)33-4)25-14-16-30(17-15-25)20-24-13-12-22(2)23(3)19-24/h5-13,18-19,25H,14-17,20H2,1-4H3. The van der Waals surface area contributed by atoms with Crippen LogP contribution in [0.5, 0.6) is 5.75 Å². The zero-order valence-corrected chi connectivity index (χ0v) is 20.2. The van der Waals surface area contributed by atoms with Crippen molar-refractivity contribution < 1.29 is 9.53 Å². The van der Waals surface area contributed by atoms with Gasteiger partial charge in [-0.1, -0.05) is 42.5 Å². The van der Waals surface area contributed by atoms with Gasteiger partial charge in [0.25, 0.3) is 5.91 Å². The number of methoxy groups -OCH3 is 1. The Hall–Kier alpha value is -3.11. The van der Waals surface area contributed by atoms with Crippen molar-refractivity contribution in [2.45, 2.75) is 46.2 Å². The Labute approximate surface area is 197 Å². The Kier molecular flexibility index (Phi) is 7.14. The lowest BCUT2D eigenvalue weighted by molar-refractivity contribution is 0.0955. The molecule has 1 fully saturated rings. The van der Waals surface area contributed by atoms with Crippen LogP contribution in [-0.4, -0.2) is 37.0 Å². The maximum atomic E-state index is 13.8. The number of likely N-dealkylation sites (tertiary alicyclic amines) is 1. The van der Waals surface area contributed by atoms with Crippen molar-refractivity contribution in [1.29, 1.82) is 0 Å². The molecule has 1 heterocycles. The van der Waals surface area contributed by atoms with E-state index in [0.717, 1.165) is 43.7 Å². The van der Waals surface area contributed by atoms with Gasteiger partial charge in [0.1, 0.15) is 5.75 Å². The summed E-state index contributed by atoms with van der Waals surface area (Å²) in [4.78, 5) is 18.3. The topological polar surface area (TPSA) is 32.8 Å². The molecular weight excluding hydrogens is 408 g/mol. The van der Waals surface area contributed by atoms with Crippen molar-refractivity contribution in [3.05, 3.63) is 94.5 Å². The molecule has 0 radical (unpaired) electrons. The summed E-state index contributed by atoms with van der Waals surface area (Å²) in [6.45, 7) is 9.30. The van der Waals surface area contributed by atoms with Crippen molar-refractivity contribution in [2.24, 2.45) is 0 Å². The lowest BCUT2D eigenvalue weighted by Gasteiger charge is -2.39. The summed E-state index contributed by atoms with van der Waals surface area (Å²) in [5.41, 5.74) is 6.75. The summed E-state index contributed by atoms with van der Waals surface area (Å²) in [7, 11) is 1.62. The van der Waals surface area contributed by atoms with Gasteiger partial charge in [-0.3, -0.25) is 9.69 Å². The van der Waals surface area contributed by atoms with Crippen LogP contribution in [0.1, 0.15) is 45.5 Å². The van der Waals surface area contributed by atoms with Gasteiger partial charge >= 0.3 is 0 Å². The number of hydrogen-bond acceptors (Lipinski definition) is 3. The van der Waals surface area contributed by atoms with Crippen molar-refractivity contribution in [3.63, 3.8) is 0 Å². The molecule has 33 heavy (non-hydrogen) atoms. The van der Waals surface area contributed by atoms with Gasteiger partial charge < -0.3 is 9.64 Å². The second kappa shape index (κ2) is 10.2. The fourth-order valence-corrected chi connectivity index (χ4v) is 4.72. The average Bonchev–Trinajstić information content (AvgIpc) is 2.82. The number of para-hydroxylation sites is 1. The Bertz CT molecular complexity index is 1120. The minimum absolute atomic E-state index is 0.00524. The number of amides is 1. The van der Waals surface area contributed by atoms with Crippen LogP contribution >= 0.6 is 0 Å². The molecule has 1 saturated heterocycles. The van der Waals surface area contributed by atoms with Gasteiger partial charge in [0.2, 0.25) is 0 Å². The first-order chi connectivity index (χ1) is 16.0. The minimum Gasteiger partial charge on any atom is -0.496 e. The highest BCUT2D eigenvalue weighted by Gasteiger charge is 2.31. The number of carbonyl (C=O) groups is 1. The SMILES string of the molecule is COc1ccccc1C(=O)N(c1cccc(C)c1)C1CCN(Cc2ccc(C)c(C)c2)CC1. The number of nitrogens with zero attached hydrogens (tertiary/aromatic N) is 2. The average molecular weight is 443 g/mol. The molecule has 3 aromatic rings. The smallest absolute Gasteiger partial charge is 0.262 e. The third-order valence-corrected chi connectivity index (χ3v) is 6.74. The van der Waals surface area contributed by atoms with E-state index in [1.165, 1.54) is 16.7 Å². The summed E-state index contributed by atoms with van der Waals surface area (Å²) in [6.07, 6.45) is 1.89. The molecule has 0 unspecified atom stereocenters. The van der Waals surface area contributed by atoms with Gasteiger partial charge in [0.15, 0.2) is 0 Å². The number of aryl methyl sites for hydroxylation is 3. The molecule has 1 aliphatic heterocycles. The number of hydrogen-bond donors (Lipinski definition) is 0. The van der Waals surface area contributed by atoms with E-state index in [-0.39, 0.29) is 11.9 Å². The maximum absolute atomic E-state index is 13.8. The van der Waals surface area contributed by atoms with Crippen LogP contribution in [0.2, 0.25) is 0 Å². The molecule has 0 atom stereocenters. The van der Waals surface area contributed by atoms with Crippen LogP contribution in [0.25, 0.3) is 0 Å². The third-order valence-electron chi connectivity index (χ3n) is 6.74. The Morgan fingerprint density at radius 2 is 1.70 bits per heavy atom. The number of benzene rings is 3. The van der Waals surface area contributed by atoms with E-state index in [4.69, 9.17) is 4.74 Å². The normalized spacial score (nSPS) is 14.8. The zero-order chi connectivity index (χ0) is 23.4. The zero-order valence-electron chi connectivity index (χ0n) is 20.2. The van der Waals surface area contributed by atoms with Gasteiger partial charge in [-0.05, 0) is 80.1 Å². The van der Waals surface area contributed by atoms with E-state index >= 15 is 0 Å². The van der Waals surface area contributed by atoms with Crippen LogP contribution in [0, 0.1) is 20.8 Å². The monoisotopic (exact) mass is 442 g/mol. The molecule has 0 N–H and O–H groups in total. The lowest BCUT2D eigenvalue weighted by Crippen LogP contribution is -2.47. The fraction of sp³-hybridized carbons (Fsp3) is 0.345. The molecule has 4 heteroatoms. The van der Waals surface area contributed by atoms with E-state index in [1.807, 2.05) is 41.3 Å². The largest absolute Gasteiger partial charge is 0.496 e. The molecule has 4 nitrogen and oxygen atoms in total. The van der Waals surface area contributed by atoms with Crippen LogP contribution in [0.4, 0.5) is 5.69 Å². The second-order valence-corrected chi connectivity index (χ2v) is 9.14. The van der Waals surface area contributed by atoms with E-state index in [0.29, 0.717) is 11.3 Å². The molecule has 0 aromatic heterocycles. The first-order valence-corrected chi connectivity index (χ1v) is 11.8. The van der Waals surface area contributed by atoms with Crippen molar-refractivity contribution >= 4 is 11.6 Å². The number of anilines is 1. The molecule has 172 valence electrons. The summed E-state index contributed by atoms with van der Waals surface area (Å²) in [6, 6.07) is 22.7. The third kappa shape index (κ3) is 5.28. The quantitative estimate of drug-likeness (QED) is 0.474. The Morgan fingerprint density at radius 3 is 2.39 bits per heavy atom.